The van der Waals surface area contributed by atoms with Crippen LogP contribution in [0.4, 0.5) is 13.2 Å². The molecule has 0 radical (unpaired) electrons. The summed E-state index contributed by atoms with van der Waals surface area (Å²) in [6.45, 7) is 0.763. The third-order valence-electron chi connectivity index (χ3n) is 3.63. The second kappa shape index (κ2) is 8.03. The summed E-state index contributed by atoms with van der Waals surface area (Å²) in [5.74, 6) is 0.874. The third-order valence-corrected chi connectivity index (χ3v) is 3.63. The summed E-state index contributed by atoms with van der Waals surface area (Å²) in [5.41, 5.74) is -0.788. The van der Waals surface area contributed by atoms with Crippen molar-refractivity contribution < 1.29 is 17.9 Å². The monoisotopic (exact) mass is 330 g/mol. The van der Waals surface area contributed by atoms with Gasteiger partial charge >= 0.3 is 6.18 Å². The number of alkyl halides is 3. The molecule has 1 aliphatic rings. The van der Waals surface area contributed by atoms with Crippen LogP contribution in [0.25, 0.3) is 0 Å². The number of rotatable bonds is 5. The Labute approximate surface area is 133 Å². The number of nitrogens with one attached hydrogen (secondary N) is 2. The molecule has 23 heavy (non-hydrogen) atoms. The van der Waals surface area contributed by atoms with E-state index in [1.165, 1.54) is 18.9 Å². The highest BCUT2D eigenvalue weighted by Gasteiger charge is 2.30. The number of pyridine rings is 1. The minimum absolute atomic E-state index is 0.165. The molecule has 8 heteroatoms. The Hall–Kier alpha value is -1.99. The van der Waals surface area contributed by atoms with Gasteiger partial charge in [0.1, 0.15) is 6.61 Å². The van der Waals surface area contributed by atoms with Crippen LogP contribution in [0.2, 0.25) is 0 Å². The number of hydrogen-bond donors (Lipinski definition) is 2. The van der Waals surface area contributed by atoms with Gasteiger partial charge in [-0.15, -0.1) is 0 Å². The van der Waals surface area contributed by atoms with E-state index in [1.54, 1.807) is 7.05 Å². The Kier molecular flexibility index (Phi) is 6.06. The van der Waals surface area contributed by atoms with Crippen molar-refractivity contribution in [3.05, 3.63) is 23.9 Å². The lowest BCUT2D eigenvalue weighted by molar-refractivity contribution is -0.137. The first-order valence-corrected chi connectivity index (χ1v) is 7.62. The van der Waals surface area contributed by atoms with Crippen molar-refractivity contribution in [3.63, 3.8) is 0 Å². The molecule has 0 atom stereocenters. The van der Waals surface area contributed by atoms with Crippen LogP contribution in [-0.2, 0) is 6.18 Å². The van der Waals surface area contributed by atoms with Gasteiger partial charge in [0.25, 0.3) is 0 Å². The zero-order valence-electron chi connectivity index (χ0n) is 13.0. The number of aromatic nitrogens is 1. The lowest BCUT2D eigenvalue weighted by Crippen LogP contribution is -2.43. The summed E-state index contributed by atoms with van der Waals surface area (Å²) in [5, 5.41) is 6.44. The van der Waals surface area contributed by atoms with Crippen LogP contribution >= 0.6 is 0 Å². The van der Waals surface area contributed by atoms with Gasteiger partial charge in [0.05, 0.1) is 12.1 Å². The predicted octanol–water partition coefficient (Wildman–Crippen LogP) is 2.59. The van der Waals surface area contributed by atoms with E-state index in [1.807, 2.05) is 0 Å². The third kappa shape index (κ3) is 5.61. The molecular formula is C15H21F3N4O. The summed E-state index contributed by atoms with van der Waals surface area (Å²) >= 11 is 0. The van der Waals surface area contributed by atoms with Crippen LogP contribution < -0.4 is 15.4 Å². The van der Waals surface area contributed by atoms with Gasteiger partial charge in [0, 0.05) is 25.4 Å². The number of ether oxygens (including phenoxy) is 1. The fourth-order valence-electron chi connectivity index (χ4n) is 2.42. The average Bonchev–Trinajstić information content (AvgIpc) is 3.03. The summed E-state index contributed by atoms with van der Waals surface area (Å²) < 4.78 is 42.5. The highest BCUT2D eigenvalue weighted by molar-refractivity contribution is 5.79. The van der Waals surface area contributed by atoms with Gasteiger partial charge in [-0.2, -0.15) is 13.2 Å². The zero-order valence-corrected chi connectivity index (χ0v) is 13.0. The molecule has 1 heterocycles. The summed E-state index contributed by atoms with van der Waals surface area (Å²) in [6.07, 6.45) is 1.14. The van der Waals surface area contributed by atoms with E-state index in [4.69, 9.17) is 4.74 Å². The SMILES string of the molecule is CN=C(NCCOc1ccc(C(F)(F)F)cn1)NC1CCCC1. The zero-order chi connectivity index (χ0) is 16.7. The van der Waals surface area contributed by atoms with E-state index in [0.29, 0.717) is 18.5 Å². The maximum absolute atomic E-state index is 12.4. The standard InChI is InChI=1S/C15H21F3N4O/c1-19-14(22-12-4-2-3-5-12)20-8-9-23-13-7-6-11(10-21-13)15(16,17)18/h6-7,10,12H,2-5,8-9H2,1H3,(H2,19,20,22). The quantitative estimate of drug-likeness (QED) is 0.495. The highest BCUT2D eigenvalue weighted by atomic mass is 19.4. The van der Waals surface area contributed by atoms with Crippen LogP contribution in [0.3, 0.4) is 0 Å². The van der Waals surface area contributed by atoms with Gasteiger partial charge < -0.3 is 15.4 Å². The van der Waals surface area contributed by atoms with Crippen molar-refractivity contribution in [1.82, 2.24) is 15.6 Å². The molecule has 128 valence electrons. The summed E-state index contributed by atoms with van der Waals surface area (Å²) in [7, 11) is 1.70. The van der Waals surface area contributed by atoms with Gasteiger partial charge in [-0.25, -0.2) is 4.98 Å². The number of hydrogen-bond acceptors (Lipinski definition) is 3. The molecule has 2 rings (SSSR count). The van der Waals surface area contributed by atoms with E-state index in [0.717, 1.165) is 25.1 Å². The summed E-state index contributed by atoms with van der Waals surface area (Å²) in [4.78, 5) is 7.78. The van der Waals surface area contributed by atoms with Gasteiger partial charge in [0.15, 0.2) is 5.96 Å². The van der Waals surface area contributed by atoms with E-state index in [-0.39, 0.29) is 12.5 Å². The molecule has 0 bridgehead atoms. The number of guanidine groups is 1. The predicted molar refractivity (Wildman–Crippen MR) is 81.5 cm³/mol. The molecule has 0 amide bonds. The van der Waals surface area contributed by atoms with Crippen LogP contribution in [0, 0.1) is 0 Å². The van der Waals surface area contributed by atoms with Gasteiger partial charge in [0.2, 0.25) is 5.88 Å². The lowest BCUT2D eigenvalue weighted by Gasteiger charge is -2.16. The van der Waals surface area contributed by atoms with Crippen LogP contribution in [0.1, 0.15) is 31.2 Å². The van der Waals surface area contributed by atoms with Gasteiger partial charge in [-0.1, -0.05) is 12.8 Å². The molecule has 2 N–H and O–H groups in total. The Bertz CT molecular complexity index is 510. The van der Waals surface area contributed by atoms with Crippen molar-refractivity contribution in [2.75, 3.05) is 20.2 Å². The molecule has 1 fully saturated rings. The molecule has 1 aliphatic carbocycles. The van der Waals surface area contributed by atoms with Crippen LogP contribution in [0.15, 0.2) is 23.3 Å². The number of aliphatic imine (C=N–C) groups is 1. The second-order valence-electron chi connectivity index (χ2n) is 5.36. The van der Waals surface area contributed by atoms with Crippen LogP contribution in [-0.4, -0.2) is 37.2 Å². The average molecular weight is 330 g/mol. The van der Waals surface area contributed by atoms with Crippen molar-refractivity contribution >= 4 is 5.96 Å². The Morgan fingerprint density at radius 2 is 2.09 bits per heavy atom. The Morgan fingerprint density at radius 1 is 1.35 bits per heavy atom. The van der Waals surface area contributed by atoms with Crippen LogP contribution in [0.5, 0.6) is 5.88 Å². The normalized spacial score (nSPS) is 16.4. The molecule has 0 saturated heterocycles. The van der Waals surface area contributed by atoms with Crippen molar-refractivity contribution in [1.29, 1.82) is 0 Å². The van der Waals surface area contributed by atoms with Crippen molar-refractivity contribution in [3.8, 4) is 5.88 Å². The molecule has 0 aromatic carbocycles. The highest BCUT2D eigenvalue weighted by Crippen LogP contribution is 2.29. The van der Waals surface area contributed by atoms with E-state index in [2.05, 4.69) is 20.6 Å². The van der Waals surface area contributed by atoms with E-state index < -0.39 is 11.7 Å². The van der Waals surface area contributed by atoms with Crippen molar-refractivity contribution in [2.45, 2.75) is 37.9 Å². The Morgan fingerprint density at radius 3 is 2.65 bits per heavy atom. The molecule has 0 unspecified atom stereocenters. The largest absolute Gasteiger partial charge is 0.476 e. The molecule has 1 aromatic rings. The minimum atomic E-state index is -4.38. The fourth-order valence-corrected chi connectivity index (χ4v) is 2.42. The number of halogens is 3. The Balaban J connectivity index is 1.70. The number of nitrogens with zero attached hydrogens (tertiary/aromatic N) is 2. The van der Waals surface area contributed by atoms with Crippen molar-refractivity contribution in [2.24, 2.45) is 4.99 Å². The molecule has 1 saturated carbocycles. The molecule has 5 nitrogen and oxygen atoms in total. The first kappa shape index (κ1) is 17.4. The maximum atomic E-state index is 12.4. The minimum Gasteiger partial charge on any atom is -0.476 e. The molecule has 0 spiro atoms. The topological polar surface area (TPSA) is 58.5 Å². The van der Waals surface area contributed by atoms with Gasteiger partial charge in [-0.05, 0) is 18.9 Å². The fraction of sp³-hybridized carbons (Fsp3) is 0.600. The summed E-state index contributed by atoms with van der Waals surface area (Å²) in [6, 6.07) is 2.63. The first-order valence-electron chi connectivity index (χ1n) is 7.62. The smallest absolute Gasteiger partial charge is 0.417 e. The first-order chi connectivity index (χ1) is 11.0. The van der Waals surface area contributed by atoms with E-state index >= 15 is 0 Å². The molecular weight excluding hydrogens is 309 g/mol. The lowest BCUT2D eigenvalue weighted by atomic mass is 10.2. The second-order valence-corrected chi connectivity index (χ2v) is 5.36. The molecule has 0 aliphatic heterocycles. The van der Waals surface area contributed by atoms with Gasteiger partial charge in [-0.3, -0.25) is 4.99 Å². The molecule has 1 aromatic heterocycles. The maximum Gasteiger partial charge on any atom is 0.417 e. The van der Waals surface area contributed by atoms with E-state index in [9.17, 15) is 13.2 Å².